The Morgan fingerprint density at radius 2 is 2.07 bits per heavy atom. The number of aliphatic imine (C=N–C) groups is 1. The van der Waals surface area contributed by atoms with E-state index < -0.39 is 13.0 Å². The van der Waals surface area contributed by atoms with E-state index in [0.717, 1.165) is 0 Å². The number of hydrogen-bond donors (Lipinski definition) is 2. The summed E-state index contributed by atoms with van der Waals surface area (Å²) in [5.41, 5.74) is 5.38. The van der Waals surface area contributed by atoms with Crippen molar-refractivity contribution in [3.05, 3.63) is 0 Å². The molecule has 0 bridgehead atoms. The van der Waals surface area contributed by atoms with Crippen LogP contribution in [0.1, 0.15) is 20.8 Å². The zero-order chi connectivity index (χ0) is 11.9. The van der Waals surface area contributed by atoms with Gasteiger partial charge in [-0.15, -0.1) is 0 Å². The van der Waals surface area contributed by atoms with Crippen LogP contribution >= 0.6 is 0 Å². The van der Waals surface area contributed by atoms with Crippen LogP contribution < -0.4 is 11.1 Å². The van der Waals surface area contributed by atoms with Crippen LogP contribution in [-0.2, 0) is 4.74 Å². The fraction of sp³-hybridized carbons (Fsp3) is 0.889. The molecular formula is C9H19F2N3O. The van der Waals surface area contributed by atoms with Gasteiger partial charge >= 0.3 is 0 Å². The van der Waals surface area contributed by atoms with Gasteiger partial charge in [-0.1, -0.05) is 0 Å². The fourth-order valence-electron chi connectivity index (χ4n) is 0.827. The van der Waals surface area contributed by atoms with Crippen molar-refractivity contribution >= 4 is 5.96 Å². The normalized spacial score (nSPS) is 13.3. The maximum absolute atomic E-state index is 11.6. The third-order valence-electron chi connectivity index (χ3n) is 1.26. The Kier molecular flexibility index (Phi) is 6.15. The molecule has 90 valence electrons. The minimum absolute atomic E-state index is 0.150. The van der Waals surface area contributed by atoms with Gasteiger partial charge in [0.1, 0.15) is 6.61 Å². The lowest BCUT2D eigenvalue weighted by Gasteiger charge is -2.20. The molecule has 0 aliphatic carbocycles. The molecule has 0 atom stereocenters. The summed E-state index contributed by atoms with van der Waals surface area (Å²) in [4.78, 5) is 3.92. The lowest BCUT2D eigenvalue weighted by Crippen LogP contribution is -2.45. The second-order valence-electron chi connectivity index (χ2n) is 4.11. The van der Waals surface area contributed by atoms with Gasteiger partial charge in [0.15, 0.2) is 5.96 Å². The Morgan fingerprint density at radius 3 is 2.53 bits per heavy atom. The maximum atomic E-state index is 11.6. The number of guanidine groups is 1. The summed E-state index contributed by atoms with van der Waals surface area (Å²) in [5, 5.41) is 2.94. The van der Waals surface area contributed by atoms with Crippen LogP contribution in [0.15, 0.2) is 4.99 Å². The molecule has 0 spiro atoms. The molecule has 0 fully saturated rings. The third kappa shape index (κ3) is 11.0. The molecule has 0 aromatic heterocycles. The van der Waals surface area contributed by atoms with Gasteiger partial charge < -0.3 is 15.8 Å². The molecule has 0 amide bonds. The molecular weight excluding hydrogens is 204 g/mol. The van der Waals surface area contributed by atoms with Gasteiger partial charge in [0.2, 0.25) is 0 Å². The average molecular weight is 223 g/mol. The zero-order valence-corrected chi connectivity index (χ0v) is 9.39. The van der Waals surface area contributed by atoms with Gasteiger partial charge in [-0.3, -0.25) is 4.99 Å². The van der Waals surface area contributed by atoms with Gasteiger partial charge in [0.25, 0.3) is 6.43 Å². The molecule has 0 radical (unpaired) electrons. The van der Waals surface area contributed by atoms with Crippen molar-refractivity contribution < 1.29 is 13.5 Å². The van der Waals surface area contributed by atoms with Gasteiger partial charge in [-0.05, 0) is 20.8 Å². The molecule has 0 saturated carbocycles. The number of alkyl halides is 2. The largest absolute Gasteiger partial charge is 0.374 e. The maximum Gasteiger partial charge on any atom is 0.261 e. The quantitative estimate of drug-likeness (QED) is 0.415. The summed E-state index contributed by atoms with van der Waals surface area (Å²) in [6.07, 6.45) is -2.43. The van der Waals surface area contributed by atoms with Crippen molar-refractivity contribution in [1.29, 1.82) is 0 Å². The van der Waals surface area contributed by atoms with Crippen molar-refractivity contribution in [1.82, 2.24) is 5.32 Å². The van der Waals surface area contributed by atoms with Crippen molar-refractivity contribution in [3.8, 4) is 0 Å². The highest BCUT2D eigenvalue weighted by Gasteiger charge is 2.09. The first-order valence-electron chi connectivity index (χ1n) is 4.75. The predicted octanol–water partition coefficient (Wildman–Crippen LogP) is 0.971. The molecule has 4 nitrogen and oxygen atoms in total. The first-order chi connectivity index (χ1) is 6.81. The SMILES string of the molecule is CC(C)(C)NC(N)=NCCOCC(F)F. The fourth-order valence-corrected chi connectivity index (χ4v) is 0.827. The van der Waals surface area contributed by atoms with Crippen LogP contribution in [0.25, 0.3) is 0 Å². The van der Waals surface area contributed by atoms with E-state index in [1.165, 1.54) is 0 Å². The molecule has 0 rings (SSSR count). The monoisotopic (exact) mass is 223 g/mol. The molecule has 3 N–H and O–H groups in total. The minimum Gasteiger partial charge on any atom is -0.374 e. The Balaban J connectivity index is 3.59. The van der Waals surface area contributed by atoms with E-state index in [4.69, 9.17) is 5.73 Å². The van der Waals surface area contributed by atoms with E-state index in [1.807, 2.05) is 20.8 Å². The van der Waals surface area contributed by atoms with E-state index in [-0.39, 0.29) is 18.7 Å². The molecule has 0 aromatic carbocycles. The second-order valence-corrected chi connectivity index (χ2v) is 4.11. The molecule has 0 aliphatic heterocycles. The van der Waals surface area contributed by atoms with Crippen LogP contribution in [0.3, 0.4) is 0 Å². The van der Waals surface area contributed by atoms with E-state index in [1.54, 1.807) is 0 Å². The van der Waals surface area contributed by atoms with E-state index >= 15 is 0 Å². The summed E-state index contributed by atoms with van der Waals surface area (Å²) in [5.74, 6) is 0.295. The highest BCUT2D eigenvalue weighted by molar-refractivity contribution is 5.78. The second kappa shape index (κ2) is 6.55. The number of nitrogens with one attached hydrogen (secondary N) is 1. The molecule has 15 heavy (non-hydrogen) atoms. The number of rotatable bonds is 5. The molecule has 6 heteroatoms. The Bertz CT molecular complexity index is 202. The van der Waals surface area contributed by atoms with Crippen molar-refractivity contribution in [2.24, 2.45) is 10.7 Å². The molecule has 0 heterocycles. The molecule has 0 aromatic rings. The summed E-state index contributed by atoms with van der Waals surface area (Å²) in [6, 6.07) is 0. The van der Waals surface area contributed by atoms with Crippen LogP contribution in [0.5, 0.6) is 0 Å². The van der Waals surface area contributed by atoms with Gasteiger partial charge in [0.05, 0.1) is 13.2 Å². The summed E-state index contributed by atoms with van der Waals surface area (Å²) >= 11 is 0. The van der Waals surface area contributed by atoms with Crippen LogP contribution in [0.2, 0.25) is 0 Å². The minimum atomic E-state index is -2.43. The highest BCUT2D eigenvalue weighted by atomic mass is 19.3. The number of nitrogens with zero attached hydrogens (tertiary/aromatic N) is 1. The van der Waals surface area contributed by atoms with E-state index in [2.05, 4.69) is 15.0 Å². The van der Waals surface area contributed by atoms with E-state index in [9.17, 15) is 8.78 Å². The lowest BCUT2D eigenvalue weighted by atomic mass is 10.1. The highest BCUT2D eigenvalue weighted by Crippen LogP contribution is 1.97. The lowest BCUT2D eigenvalue weighted by molar-refractivity contribution is 0.0207. The summed E-state index contributed by atoms with van der Waals surface area (Å²) < 4.78 is 27.9. The van der Waals surface area contributed by atoms with Gasteiger partial charge in [0, 0.05) is 5.54 Å². The standard InChI is InChI=1S/C9H19F2N3O/c1-9(2,3)14-8(12)13-4-5-15-6-7(10)11/h7H,4-6H2,1-3H3,(H3,12,13,14). The first kappa shape index (κ1) is 14.1. The average Bonchev–Trinajstić information content (AvgIpc) is 1.99. The number of ether oxygens (including phenoxy) is 1. The van der Waals surface area contributed by atoms with Crippen molar-refractivity contribution in [3.63, 3.8) is 0 Å². The molecule has 0 aliphatic rings. The number of halogens is 2. The Morgan fingerprint density at radius 1 is 1.47 bits per heavy atom. The summed E-state index contributed by atoms with van der Waals surface area (Å²) in [6.45, 7) is 5.72. The topological polar surface area (TPSA) is 59.6 Å². The van der Waals surface area contributed by atoms with Crippen molar-refractivity contribution in [2.75, 3.05) is 19.8 Å². The predicted molar refractivity (Wildman–Crippen MR) is 56.2 cm³/mol. The zero-order valence-electron chi connectivity index (χ0n) is 9.39. The third-order valence-corrected chi connectivity index (χ3v) is 1.26. The molecule has 0 saturated heterocycles. The number of hydrogen-bond acceptors (Lipinski definition) is 2. The van der Waals surface area contributed by atoms with Crippen LogP contribution in [0.4, 0.5) is 8.78 Å². The van der Waals surface area contributed by atoms with Crippen LogP contribution in [0, 0.1) is 0 Å². The van der Waals surface area contributed by atoms with E-state index in [0.29, 0.717) is 5.96 Å². The molecule has 0 unspecified atom stereocenters. The summed E-state index contributed by atoms with van der Waals surface area (Å²) in [7, 11) is 0. The Labute approximate surface area is 88.9 Å². The van der Waals surface area contributed by atoms with Gasteiger partial charge in [-0.25, -0.2) is 8.78 Å². The first-order valence-corrected chi connectivity index (χ1v) is 4.75. The Hall–Kier alpha value is -0.910. The van der Waals surface area contributed by atoms with Gasteiger partial charge in [-0.2, -0.15) is 0 Å². The number of nitrogens with two attached hydrogens (primary N) is 1. The van der Waals surface area contributed by atoms with Crippen molar-refractivity contribution in [2.45, 2.75) is 32.7 Å². The smallest absolute Gasteiger partial charge is 0.261 e. The van der Waals surface area contributed by atoms with Crippen LogP contribution in [-0.4, -0.2) is 37.7 Å².